The molecular formula is C32H36F2N6O5S. The van der Waals surface area contributed by atoms with Crippen molar-refractivity contribution in [2.45, 2.75) is 44.5 Å². The van der Waals surface area contributed by atoms with Gasteiger partial charge in [0, 0.05) is 58.2 Å². The molecule has 4 rings (SSSR count). The number of benzene rings is 2. The summed E-state index contributed by atoms with van der Waals surface area (Å²) in [6.07, 6.45) is 1.18. The van der Waals surface area contributed by atoms with Gasteiger partial charge in [0.25, 0.3) is 5.91 Å². The van der Waals surface area contributed by atoms with E-state index in [1.807, 2.05) is 37.3 Å². The highest BCUT2D eigenvalue weighted by Gasteiger charge is 2.45. The van der Waals surface area contributed by atoms with Gasteiger partial charge in [0.15, 0.2) is 11.4 Å². The number of piperidine rings is 1. The minimum absolute atomic E-state index is 0.0501. The summed E-state index contributed by atoms with van der Waals surface area (Å²) in [5, 5.41) is 30.1. The smallest absolute Gasteiger partial charge is 0.410 e. The van der Waals surface area contributed by atoms with Crippen LogP contribution >= 0.6 is 11.8 Å². The Morgan fingerprint density at radius 3 is 2.52 bits per heavy atom. The Balaban J connectivity index is 1.46. The largest absolute Gasteiger partial charge is 0.503 e. The molecule has 14 heteroatoms. The lowest BCUT2D eigenvalue weighted by molar-refractivity contribution is -0.00480. The first kappa shape index (κ1) is 34.3. The summed E-state index contributed by atoms with van der Waals surface area (Å²) in [6, 6.07) is 12.0. The van der Waals surface area contributed by atoms with E-state index in [-0.39, 0.29) is 52.5 Å². The molecule has 0 aliphatic carbocycles. The SMILES string of the molecule is CNC1(N(C)C(=O)c2c(O)c(=O)c(C(=N)SC(=N)Cc3ccc(F)cc3F)cn2C)CCN(C(=O)OCc2ccccc2)[C@@H](C)C1. The molecule has 2 atom stereocenters. The van der Waals surface area contributed by atoms with Crippen LogP contribution in [0.3, 0.4) is 0 Å². The summed E-state index contributed by atoms with van der Waals surface area (Å²) in [5.41, 5.74) is -1.55. The molecule has 2 heterocycles. The van der Waals surface area contributed by atoms with Crippen LogP contribution in [-0.4, -0.2) is 73.9 Å². The van der Waals surface area contributed by atoms with Crippen LogP contribution in [0.1, 0.15) is 46.9 Å². The van der Waals surface area contributed by atoms with Gasteiger partial charge < -0.3 is 24.2 Å². The van der Waals surface area contributed by atoms with Crippen LogP contribution in [0.25, 0.3) is 0 Å². The molecule has 2 amide bonds. The maximum absolute atomic E-state index is 14.0. The first-order valence-electron chi connectivity index (χ1n) is 14.4. The van der Waals surface area contributed by atoms with Crippen LogP contribution in [0.5, 0.6) is 5.75 Å². The van der Waals surface area contributed by atoms with Crippen molar-refractivity contribution in [3.63, 3.8) is 0 Å². The number of aryl methyl sites for hydroxylation is 1. The molecule has 4 N–H and O–H groups in total. The molecule has 3 aromatic rings. The van der Waals surface area contributed by atoms with Crippen molar-refractivity contribution >= 4 is 33.8 Å². The zero-order valence-corrected chi connectivity index (χ0v) is 26.7. The Labute approximate surface area is 269 Å². The molecule has 0 saturated carbocycles. The molecule has 0 bridgehead atoms. The number of aromatic nitrogens is 1. The maximum Gasteiger partial charge on any atom is 0.410 e. The summed E-state index contributed by atoms with van der Waals surface area (Å²) in [7, 11) is 4.68. The lowest BCUT2D eigenvalue weighted by Crippen LogP contribution is -2.65. The minimum Gasteiger partial charge on any atom is -0.503 e. The third kappa shape index (κ3) is 7.29. The van der Waals surface area contributed by atoms with Crippen molar-refractivity contribution in [3.05, 3.63) is 99.0 Å². The average Bonchev–Trinajstić information content (AvgIpc) is 3.02. The number of carbonyl (C=O) groups excluding carboxylic acids is 2. The number of ether oxygens (including phenoxy) is 1. The Bertz CT molecular complexity index is 1720. The van der Waals surface area contributed by atoms with Crippen molar-refractivity contribution in [2.75, 3.05) is 20.6 Å². The van der Waals surface area contributed by atoms with E-state index >= 15 is 0 Å². The van der Waals surface area contributed by atoms with Crippen LogP contribution in [0.2, 0.25) is 0 Å². The number of amides is 2. The summed E-state index contributed by atoms with van der Waals surface area (Å²) in [6.45, 7) is 2.26. The lowest BCUT2D eigenvalue weighted by atomic mass is 9.90. The Hall–Kier alpha value is -4.56. The number of halogens is 2. The van der Waals surface area contributed by atoms with Crippen LogP contribution in [0, 0.1) is 22.5 Å². The number of pyridine rings is 1. The van der Waals surface area contributed by atoms with Gasteiger partial charge in [0.2, 0.25) is 5.43 Å². The van der Waals surface area contributed by atoms with Gasteiger partial charge in [0.05, 0.1) is 16.3 Å². The number of hydrogen-bond acceptors (Lipinski definition) is 9. The Morgan fingerprint density at radius 1 is 1.20 bits per heavy atom. The Kier molecular flexibility index (Phi) is 10.6. The summed E-state index contributed by atoms with van der Waals surface area (Å²) in [4.78, 5) is 42.9. The topological polar surface area (TPSA) is 152 Å². The van der Waals surface area contributed by atoms with Gasteiger partial charge in [-0.15, -0.1) is 0 Å². The molecule has 46 heavy (non-hydrogen) atoms. The van der Waals surface area contributed by atoms with E-state index in [4.69, 9.17) is 15.6 Å². The van der Waals surface area contributed by atoms with Crippen LogP contribution in [0.15, 0.2) is 59.5 Å². The second kappa shape index (κ2) is 14.3. The van der Waals surface area contributed by atoms with Crippen molar-refractivity contribution < 1.29 is 28.2 Å². The number of carbonyl (C=O) groups is 2. The van der Waals surface area contributed by atoms with Gasteiger partial charge in [-0.1, -0.05) is 48.2 Å². The quantitative estimate of drug-likeness (QED) is 0.159. The van der Waals surface area contributed by atoms with Crippen molar-refractivity contribution in [2.24, 2.45) is 7.05 Å². The monoisotopic (exact) mass is 654 g/mol. The van der Waals surface area contributed by atoms with Gasteiger partial charge in [0.1, 0.15) is 23.3 Å². The molecule has 1 saturated heterocycles. The first-order chi connectivity index (χ1) is 21.8. The third-order valence-corrected chi connectivity index (χ3v) is 9.00. The molecule has 11 nitrogen and oxygen atoms in total. The molecule has 1 aromatic heterocycles. The van der Waals surface area contributed by atoms with E-state index in [1.165, 1.54) is 28.8 Å². The molecular weight excluding hydrogens is 618 g/mol. The second-order valence-electron chi connectivity index (χ2n) is 11.1. The minimum atomic E-state index is -0.976. The van der Waals surface area contributed by atoms with E-state index in [1.54, 1.807) is 19.0 Å². The highest BCUT2D eigenvalue weighted by atomic mass is 32.2. The van der Waals surface area contributed by atoms with Gasteiger partial charge in [-0.2, -0.15) is 0 Å². The number of rotatable bonds is 8. The van der Waals surface area contributed by atoms with E-state index in [0.717, 1.165) is 11.6 Å². The second-order valence-corrected chi connectivity index (χ2v) is 12.2. The molecule has 1 unspecified atom stereocenters. The third-order valence-electron chi connectivity index (χ3n) is 8.18. The number of likely N-dealkylation sites (tertiary alicyclic amines) is 1. The number of thioether (sulfide) groups is 1. The Morgan fingerprint density at radius 2 is 1.89 bits per heavy atom. The van der Waals surface area contributed by atoms with E-state index in [9.17, 15) is 28.3 Å². The lowest BCUT2D eigenvalue weighted by Gasteiger charge is -2.49. The van der Waals surface area contributed by atoms with Gasteiger partial charge in [-0.3, -0.25) is 25.7 Å². The van der Waals surface area contributed by atoms with Crippen molar-refractivity contribution in [3.8, 4) is 5.75 Å². The standard InChI is InChI=1S/C32H36F2N6O5S/c1-19-16-32(37-2,12-13-40(19)31(44)45-18-20-8-6-5-7-9-20)39(4)30(43)26-28(42)27(41)23(17-38(26)3)29(36)46-25(35)14-21-10-11-22(33)15-24(21)34/h5-11,15,17,19,35-37,42H,12-14,16,18H2,1-4H3/t19-,32?/m0/s1. The van der Waals surface area contributed by atoms with Crippen molar-refractivity contribution in [1.82, 2.24) is 19.7 Å². The summed E-state index contributed by atoms with van der Waals surface area (Å²) < 4.78 is 34.0. The number of nitrogens with zero attached hydrogens (tertiary/aromatic N) is 3. The summed E-state index contributed by atoms with van der Waals surface area (Å²) >= 11 is 0.577. The average molecular weight is 655 g/mol. The van der Waals surface area contributed by atoms with Crippen molar-refractivity contribution in [1.29, 1.82) is 10.8 Å². The number of nitrogens with one attached hydrogen (secondary N) is 3. The predicted octanol–water partition coefficient (Wildman–Crippen LogP) is 4.46. The molecule has 1 aliphatic heterocycles. The molecule has 1 fully saturated rings. The van der Waals surface area contributed by atoms with Gasteiger partial charge >= 0.3 is 6.09 Å². The van der Waals surface area contributed by atoms with E-state index in [0.29, 0.717) is 30.7 Å². The molecule has 1 aliphatic rings. The highest BCUT2D eigenvalue weighted by molar-refractivity contribution is 8.26. The van der Waals surface area contributed by atoms with Gasteiger partial charge in [-0.25, -0.2) is 13.6 Å². The fourth-order valence-corrected chi connectivity index (χ4v) is 6.27. The molecule has 0 spiro atoms. The zero-order valence-electron chi connectivity index (χ0n) is 25.9. The fraction of sp³-hybridized carbons (Fsp3) is 0.344. The number of aromatic hydroxyl groups is 1. The van der Waals surface area contributed by atoms with E-state index < -0.39 is 40.5 Å². The van der Waals surface area contributed by atoms with Crippen LogP contribution in [-0.2, 0) is 24.8 Å². The van der Waals surface area contributed by atoms with Gasteiger partial charge in [-0.05, 0) is 31.2 Å². The molecule has 244 valence electrons. The molecule has 0 radical (unpaired) electrons. The normalized spacial score (nSPS) is 17.8. The molecule has 2 aromatic carbocycles. The fourth-order valence-electron chi connectivity index (χ4n) is 5.54. The maximum atomic E-state index is 14.0. The first-order valence-corrected chi connectivity index (χ1v) is 15.2. The predicted molar refractivity (Wildman–Crippen MR) is 171 cm³/mol. The van der Waals surface area contributed by atoms with Crippen LogP contribution < -0.4 is 10.7 Å². The zero-order chi connectivity index (χ0) is 33.8. The van der Waals surface area contributed by atoms with Crippen LogP contribution in [0.4, 0.5) is 13.6 Å². The highest BCUT2D eigenvalue weighted by Crippen LogP contribution is 2.32. The summed E-state index contributed by atoms with van der Waals surface area (Å²) in [5.74, 6) is -3.12. The number of hydrogen-bond donors (Lipinski definition) is 4. The van der Waals surface area contributed by atoms with E-state index in [2.05, 4.69) is 5.32 Å².